The molecule has 3 heterocycles. The number of ether oxygens (including phenoxy) is 4. The lowest BCUT2D eigenvalue weighted by Crippen LogP contribution is -2.09. The van der Waals surface area contributed by atoms with Gasteiger partial charge in [0.2, 0.25) is 12.6 Å². The van der Waals surface area contributed by atoms with Crippen LogP contribution >= 0.6 is 0 Å². The lowest BCUT2D eigenvalue weighted by molar-refractivity contribution is 0.0732. The maximum atomic E-state index is 12.7. The topological polar surface area (TPSA) is 84.2 Å². The molecule has 0 saturated carbocycles. The molecule has 0 amide bonds. The molecule has 150 valence electrons. The normalized spacial score (nSPS) is 15.3. The molecule has 2 aliphatic heterocycles. The zero-order valence-corrected chi connectivity index (χ0v) is 16.2. The van der Waals surface area contributed by atoms with Crippen LogP contribution in [0, 0.1) is 13.8 Å². The molecule has 7 nitrogen and oxygen atoms in total. The molecule has 0 unspecified atom stereocenters. The molecule has 3 aromatic rings. The summed E-state index contributed by atoms with van der Waals surface area (Å²) < 4.78 is 27.3. The van der Waals surface area contributed by atoms with E-state index in [4.69, 9.17) is 23.4 Å². The Morgan fingerprint density at radius 1 is 1.03 bits per heavy atom. The summed E-state index contributed by atoms with van der Waals surface area (Å²) in [4.78, 5) is 25.2. The third-order valence-corrected chi connectivity index (χ3v) is 4.88. The second kappa shape index (κ2) is 6.81. The van der Waals surface area contributed by atoms with Crippen LogP contribution in [0.5, 0.6) is 23.0 Å². The summed E-state index contributed by atoms with van der Waals surface area (Å²) in [6.45, 7) is 3.67. The van der Waals surface area contributed by atoms with E-state index >= 15 is 0 Å². The van der Waals surface area contributed by atoms with Crippen molar-refractivity contribution in [3.63, 3.8) is 0 Å². The third kappa shape index (κ3) is 3.00. The van der Waals surface area contributed by atoms with Crippen LogP contribution in [0.1, 0.15) is 37.8 Å². The number of aryl methyl sites for hydroxylation is 1. The first-order valence-corrected chi connectivity index (χ1v) is 9.26. The quantitative estimate of drug-likeness (QED) is 0.362. The van der Waals surface area contributed by atoms with Gasteiger partial charge in [-0.1, -0.05) is 0 Å². The number of benzene rings is 2. The Hall–Kier alpha value is -4.00. The van der Waals surface area contributed by atoms with Crippen LogP contribution in [-0.2, 0) is 0 Å². The van der Waals surface area contributed by atoms with E-state index in [-0.39, 0.29) is 18.3 Å². The van der Waals surface area contributed by atoms with Gasteiger partial charge in [0.05, 0.1) is 11.1 Å². The van der Waals surface area contributed by atoms with Gasteiger partial charge in [0.1, 0.15) is 23.0 Å². The molecule has 5 rings (SSSR count). The minimum atomic E-state index is -0.553. The number of rotatable bonds is 3. The van der Waals surface area contributed by atoms with E-state index in [2.05, 4.69) is 0 Å². The summed E-state index contributed by atoms with van der Waals surface area (Å²) in [6, 6.07) is 11.6. The van der Waals surface area contributed by atoms with E-state index in [1.807, 2.05) is 6.92 Å². The van der Waals surface area contributed by atoms with Gasteiger partial charge in [-0.25, -0.2) is 4.79 Å². The van der Waals surface area contributed by atoms with Crippen molar-refractivity contribution in [2.24, 2.45) is 0 Å². The number of fused-ring (bicyclic) bond motifs is 2. The number of hydrogen-bond acceptors (Lipinski definition) is 7. The Labute approximate surface area is 171 Å². The number of carbonyl (C=O) groups is 2. The van der Waals surface area contributed by atoms with Gasteiger partial charge in [0.25, 0.3) is 0 Å². The van der Waals surface area contributed by atoms with Crippen molar-refractivity contribution in [3.8, 4) is 23.0 Å². The standard InChI is InChI=1S/C23H16O7/c1-12-3-5-15(28-12)10-20-21(24)16-6-8-17(13(2)22(16)29-20)30-23(25)14-4-7-18-19(9-14)27-11-26-18/h3-10H,11H2,1-2H3/b20-10-. The van der Waals surface area contributed by atoms with Crippen molar-refractivity contribution in [2.45, 2.75) is 13.8 Å². The van der Waals surface area contributed by atoms with Gasteiger partial charge in [-0.3, -0.25) is 4.79 Å². The molecule has 2 aromatic carbocycles. The van der Waals surface area contributed by atoms with Crippen molar-refractivity contribution in [1.29, 1.82) is 0 Å². The number of carbonyl (C=O) groups excluding carboxylic acids is 2. The van der Waals surface area contributed by atoms with Crippen LogP contribution in [0.4, 0.5) is 0 Å². The first kappa shape index (κ1) is 18.1. The average molecular weight is 404 g/mol. The lowest BCUT2D eigenvalue weighted by atomic mass is 10.1. The Balaban J connectivity index is 1.40. The van der Waals surface area contributed by atoms with Crippen LogP contribution in [0.25, 0.3) is 6.08 Å². The fraction of sp³-hybridized carbons (Fsp3) is 0.130. The van der Waals surface area contributed by atoms with Crippen molar-refractivity contribution < 1.29 is 33.0 Å². The minimum absolute atomic E-state index is 0.122. The Morgan fingerprint density at radius 2 is 1.87 bits per heavy atom. The van der Waals surface area contributed by atoms with Crippen molar-refractivity contribution in [1.82, 2.24) is 0 Å². The van der Waals surface area contributed by atoms with E-state index in [9.17, 15) is 9.59 Å². The molecule has 0 atom stereocenters. The summed E-state index contributed by atoms with van der Waals surface area (Å²) in [5.41, 5.74) is 1.28. The molecule has 0 saturated heterocycles. The highest BCUT2D eigenvalue weighted by atomic mass is 16.7. The van der Waals surface area contributed by atoms with Gasteiger partial charge in [0.15, 0.2) is 17.3 Å². The van der Waals surface area contributed by atoms with Gasteiger partial charge in [-0.2, -0.15) is 0 Å². The molecule has 7 heteroatoms. The number of allylic oxidation sites excluding steroid dienone is 1. The zero-order chi connectivity index (χ0) is 20.8. The highest BCUT2D eigenvalue weighted by Gasteiger charge is 2.31. The van der Waals surface area contributed by atoms with E-state index in [1.165, 1.54) is 0 Å². The zero-order valence-electron chi connectivity index (χ0n) is 16.2. The molecule has 0 aliphatic carbocycles. The van der Waals surface area contributed by atoms with Gasteiger partial charge in [0, 0.05) is 11.6 Å². The van der Waals surface area contributed by atoms with Gasteiger partial charge in [-0.05, 0) is 56.3 Å². The van der Waals surface area contributed by atoms with Crippen LogP contribution in [0.2, 0.25) is 0 Å². The number of Topliss-reactive ketones (excluding diaryl/α,β-unsaturated/α-hetero) is 1. The maximum absolute atomic E-state index is 12.7. The van der Waals surface area contributed by atoms with Crippen molar-refractivity contribution >= 4 is 17.8 Å². The second-order valence-electron chi connectivity index (χ2n) is 6.91. The summed E-state index contributed by atoms with van der Waals surface area (Å²) in [6.07, 6.45) is 1.55. The molecular formula is C23H16O7. The van der Waals surface area contributed by atoms with Crippen LogP contribution in [-0.4, -0.2) is 18.5 Å². The first-order valence-electron chi connectivity index (χ1n) is 9.26. The van der Waals surface area contributed by atoms with Crippen LogP contribution in [0.15, 0.2) is 52.6 Å². The van der Waals surface area contributed by atoms with E-state index in [1.54, 1.807) is 55.5 Å². The van der Waals surface area contributed by atoms with Crippen molar-refractivity contribution in [2.75, 3.05) is 6.79 Å². The molecule has 0 fully saturated rings. The summed E-state index contributed by atoms with van der Waals surface area (Å²) in [5.74, 6) is 2.35. The molecule has 0 radical (unpaired) electrons. The molecular weight excluding hydrogens is 388 g/mol. The predicted molar refractivity (Wildman–Crippen MR) is 105 cm³/mol. The summed E-state index contributed by atoms with van der Waals surface area (Å²) >= 11 is 0. The minimum Gasteiger partial charge on any atom is -0.462 e. The third-order valence-electron chi connectivity index (χ3n) is 4.88. The van der Waals surface area contributed by atoms with Gasteiger partial charge >= 0.3 is 5.97 Å². The molecule has 0 bridgehead atoms. The number of hydrogen-bond donors (Lipinski definition) is 0. The Kier molecular flexibility index (Phi) is 4.10. The maximum Gasteiger partial charge on any atom is 0.343 e. The largest absolute Gasteiger partial charge is 0.462 e. The second-order valence-corrected chi connectivity index (χ2v) is 6.91. The highest BCUT2D eigenvalue weighted by Crippen LogP contribution is 2.40. The fourth-order valence-corrected chi connectivity index (χ4v) is 3.32. The fourth-order valence-electron chi connectivity index (χ4n) is 3.32. The van der Waals surface area contributed by atoms with Gasteiger partial charge in [-0.15, -0.1) is 0 Å². The van der Waals surface area contributed by atoms with Crippen molar-refractivity contribution in [3.05, 3.63) is 76.4 Å². The average Bonchev–Trinajstić information content (AvgIpc) is 3.44. The molecule has 30 heavy (non-hydrogen) atoms. The first-order chi connectivity index (χ1) is 14.5. The van der Waals surface area contributed by atoms with E-state index < -0.39 is 5.97 Å². The number of esters is 1. The Morgan fingerprint density at radius 3 is 2.67 bits per heavy atom. The predicted octanol–water partition coefficient (Wildman–Crippen LogP) is 4.46. The molecule has 0 N–H and O–H groups in total. The summed E-state index contributed by atoms with van der Waals surface area (Å²) in [5, 5.41) is 0. The number of ketones is 1. The number of furan rings is 1. The SMILES string of the molecule is Cc1ccc(/C=C2\Oc3c(ccc(OC(=O)c4ccc5c(c4)OCO5)c3C)C2=O)o1. The summed E-state index contributed by atoms with van der Waals surface area (Å²) in [7, 11) is 0. The smallest absolute Gasteiger partial charge is 0.343 e. The van der Waals surface area contributed by atoms with Crippen LogP contribution in [0.3, 0.4) is 0 Å². The lowest BCUT2D eigenvalue weighted by Gasteiger charge is -2.10. The molecule has 1 aromatic heterocycles. The van der Waals surface area contributed by atoms with E-state index in [0.29, 0.717) is 45.4 Å². The van der Waals surface area contributed by atoms with E-state index in [0.717, 1.165) is 5.76 Å². The monoisotopic (exact) mass is 404 g/mol. The molecule has 2 aliphatic rings. The Bertz CT molecular complexity index is 1230. The molecule has 0 spiro atoms. The highest BCUT2D eigenvalue weighted by molar-refractivity contribution is 6.14. The van der Waals surface area contributed by atoms with Gasteiger partial charge < -0.3 is 23.4 Å². The van der Waals surface area contributed by atoms with Crippen LogP contribution < -0.4 is 18.9 Å².